The van der Waals surface area contributed by atoms with Crippen LogP contribution in [0.5, 0.6) is 0 Å². The van der Waals surface area contributed by atoms with Gasteiger partial charge in [-0.25, -0.2) is 0 Å². The zero-order valence-electron chi connectivity index (χ0n) is 36.6. The van der Waals surface area contributed by atoms with E-state index in [-0.39, 0.29) is 29.3 Å². The monoisotopic (exact) mass is 810 g/mol. The van der Waals surface area contributed by atoms with Gasteiger partial charge >= 0.3 is 0 Å². The van der Waals surface area contributed by atoms with Gasteiger partial charge in [0.1, 0.15) is 0 Å². The van der Waals surface area contributed by atoms with Crippen LogP contribution in [0.25, 0.3) is 5.57 Å². The Bertz CT molecular complexity index is 2560. The SMILES string of the molecule is C=CC(C(CCC)C1=CCCCC1)N(c1ccccc1)C1C=CC2=C(C1)C1(c3ccccc32)c2cccc(N(c3ccccc3)C3CC=CC4=C3CCCC4)c2C2C=CC=C[C@H]21. The fraction of sp³-hybridized carbons (Fsp3) is 0.333. The molecule has 0 amide bonds. The first-order valence-electron chi connectivity index (χ1n) is 24.1. The average molecular weight is 811 g/mol. The van der Waals surface area contributed by atoms with Crippen LogP contribution in [0.2, 0.25) is 0 Å². The topological polar surface area (TPSA) is 6.48 Å². The molecule has 62 heavy (non-hydrogen) atoms. The zero-order valence-corrected chi connectivity index (χ0v) is 36.6. The van der Waals surface area contributed by atoms with Crippen LogP contribution in [0.3, 0.4) is 0 Å². The first-order valence-corrected chi connectivity index (χ1v) is 24.1. The lowest BCUT2D eigenvalue weighted by molar-refractivity contribution is 0.411. The van der Waals surface area contributed by atoms with E-state index in [1.165, 1.54) is 109 Å². The number of hydrogen-bond donors (Lipinski definition) is 0. The smallest absolute Gasteiger partial charge is 0.0591 e. The largest absolute Gasteiger partial charge is 0.358 e. The molecule has 0 heterocycles. The normalized spacial score (nSPS) is 26.3. The molecular weight excluding hydrogens is 749 g/mol. The first-order chi connectivity index (χ1) is 30.7. The molecular formula is C60H62N2. The molecule has 0 N–H and O–H groups in total. The molecule has 0 bridgehead atoms. The standard InChI is InChI=1S/C60H62N2/c1-3-22-47(42-23-8-5-9-24-42)56(4-2)61(44-27-10-6-11-28-44)46-39-40-50-49-32-16-18-34-52(49)60(55(50)41-46)53-35-19-17-33-51(53)59-54(60)36-21-38-58(59)62(45-29-12-7-13-30-45)57-37-20-26-43-25-14-15-31-48(43)57/h4,6-7,10-13,16-21,23,26-30,32-36,38-40,46-47,51,53,56-57H,2-3,5,8-9,14-15,22,24-25,31,37,41H2,1H3/t46?,47?,51?,53-,56?,57?,60?/m1/s1. The Kier molecular flexibility index (Phi) is 10.5. The van der Waals surface area contributed by atoms with Crippen LogP contribution in [-0.4, -0.2) is 18.1 Å². The van der Waals surface area contributed by atoms with Crippen molar-refractivity contribution < 1.29 is 0 Å². The molecule has 0 radical (unpaired) electrons. The molecule has 312 valence electrons. The Labute approximate surface area is 371 Å². The minimum Gasteiger partial charge on any atom is -0.358 e. The van der Waals surface area contributed by atoms with Crippen molar-refractivity contribution in [2.75, 3.05) is 9.80 Å². The number of fused-ring (bicyclic) bond motifs is 9. The fourth-order valence-corrected chi connectivity index (χ4v) is 13.4. The lowest BCUT2D eigenvalue weighted by Gasteiger charge is -2.46. The summed E-state index contributed by atoms with van der Waals surface area (Å²) in [6.07, 6.45) is 39.0. The molecule has 0 fully saturated rings. The lowest BCUT2D eigenvalue weighted by atomic mass is 9.63. The van der Waals surface area contributed by atoms with E-state index in [4.69, 9.17) is 0 Å². The summed E-state index contributed by atoms with van der Waals surface area (Å²) in [5.41, 5.74) is 17.5. The Hall–Kier alpha value is -5.60. The van der Waals surface area contributed by atoms with Crippen molar-refractivity contribution in [2.24, 2.45) is 11.8 Å². The van der Waals surface area contributed by atoms with Gasteiger partial charge in [0, 0.05) is 34.8 Å². The molecule has 0 aromatic heterocycles. The van der Waals surface area contributed by atoms with Gasteiger partial charge in [-0.1, -0.05) is 152 Å². The van der Waals surface area contributed by atoms with E-state index in [2.05, 4.69) is 187 Å². The summed E-state index contributed by atoms with van der Waals surface area (Å²) in [6, 6.07) is 40.2. The van der Waals surface area contributed by atoms with Crippen LogP contribution in [0, 0.1) is 11.8 Å². The molecule has 1 spiro atoms. The Balaban J connectivity index is 1.09. The Morgan fingerprint density at radius 1 is 0.758 bits per heavy atom. The molecule has 0 saturated carbocycles. The van der Waals surface area contributed by atoms with Crippen molar-refractivity contribution >= 4 is 22.6 Å². The molecule has 0 aliphatic heterocycles. The van der Waals surface area contributed by atoms with Gasteiger partial charge in [0.05, 0.1) is 23.5 Å². The van der Waals surface area contributed by atoms with Crippen LogP contribution in [0.4, 0.5) is 17.1 Å². The summed E-state index contributed by atoms with van der Waals surface area (Å²) >= 11 is 0. The van der Waals surface area contributed by atoms with Crippen LogP contribution in [-0.2, 0) is 5.41 Å². The van der Waals surface area contributed by atoms with E-state index in [1.807, 2.05) is 0 Å². The minimum absolute atomic E-state index is 0.175. The zero-order chi connectivity index (χ0) is 41.6. The van der Waals surface area contributed by atoms with Gasteiger partial charge in [0.15, 0.2) is 0 Å². The van der Waals surface area contributed by atoms with E-state index in [1.54, 1.807) is 22.3 Å². The maximum atomic E-state index is 4.63. The third-order valence-corrected chi connectivity index (χ3v) is 15.8. The fourth-order valence-electron chi connectivity index (χ4n) is 13.4. The third-order valence-electron chi connectivity index (χ3n) is 15.8. The number of hydrogen-bond acceptors (Lipinski definition) is 2. The van der Waals surface area contributed by atoms with Gasteiger partial charge in [-0.05, 0) is 146 Å². The predicted molar refractivity (Wildman–Crippen MR) is 262 cm³/mol. The Morgan fingerprint density at radius 2 is 1.52 bits per heavy atom. The van der Waals surface area contributed by atoms with Gasteiger partial charge in [-0.2, -0.15) is 0 Å². The van der Waals surface area contributed by atoms with Gasteiger partial charge in [-0.15, -0.1) is 6.58 Å². The summed E-state index contributed by atoms with van der Waals surface area (Å²) in [6.45, 7) is 7.00. The van der Waals surface area contributed by atoms with Crippen LogP contribution < -0.4 is 9.80 Å². The maximum Gasteiger partial charge on any atom is 0.0591 e. The summed E-state index contributed by atoms with van der Waals surface area (Å²) in [5, 5.41) is 0. The second kappa shape index (κ2) is 16.6. The van der Waals surface area contributed by atoms with Crippen molar-refractivity contribution in [1.82, 2.24) is 0 Å². The number of benzene rings is 4. The number of nitrogens with zero attached hydrogens (tertiary/aromatic N) is 2. The van der Waals surface area contributed by atoms with Gasteiger partial charge in [-0.3, -0.25) is 0 Å². The second-order valence-electron chi connectivity index (χ2n) is 18.9. The quantitative estimate of drug-likeness (QED) is 0.139. The minimum atomic E-state index is -0.295. The van der Waals surface area contributed by atoms with Crippen LogP contribution >= 0.6 is 0 Å². The van der Waals surface area contributed by atoms with Crippen LogP contribution in [0.15, 0.2) is 193 Å². The first kappa shape index (κ1) is 39.3. The highest BCUT2D eigenvalue weighted by Crippen LogP contribution is 2.67. The highest BCUT2D eigenvalue weighted by Gasteiger charge is 2.59. The van der Waals surface area contributed by atoms with Gasteiger partial charge in [0.2, 0.25) is 0 Å². The molecule has 11 rings (SSSR count). The number of rotatable bonds is 11. The van der Waals surface area contributed by atoms with Crippen molar-refractivity contribution in [3.05, 3.63) is 215 Å². The van der Waals surface area contributed by atoms with Gasteiger partial charge in [0.25, 0.3) is 0 Å². The molecule has 7 atom stereocenters. The van der Waals surface area contributed by atoms with E-state index < -0.39 is 0 Å². The van der Waals surface area contributed by atoms with Crippen molar-refractivity contribution in [2.45, 2.75) is 113 Å². The highest BCUT2D eigenvalue weighted by molar-refractivity contribution is 5.92. The van der Waals surface area contributed by atoms with Crippen molar-refractivity contribution in [3.8, 4) is 0 Å². The third kappa shape index (κ3) is 6.26. The Morgan fingerprint density at radius 3 is 2.32 bits per heavy atom. The lowest BCUT2D eigenvalue weighted by Crippen LogP contribution is -2.48. The molecule has 6 unspecified atom stereocenters. The second-order valence-corrected chi connectivity index (χ2v) is 18.9. The molecule has 7 aliphatic rings. The predicted octanol–water partition coefficient (Wildman–Crippen LogP) is 15.2. The molecule has 0 saturated heterocycles. The number of allylic oxidation sites excluding steroid dienone is 9. The summed E-state index contributed by atoms with van der Waals surface area (Å²) in [5.74, 6) is 0.956. The number of para-hydroxylation sites is 2. The highest BCUT2D eigenvalue weighted by atomic mass is 15.2. The van der Waals surface area contributed by atoms with E-state index >= 15 is 0 Å². The van der Waals surface area contributed by atoms with Gasteiger partial charge < -0.3 is 9.80 Å². The molecule has 4 aromatic rings. The van der Waals surface area contributed by atoms with Crippen LogP contribution in [0.1, 0.15) is 112 Å². The summed E-state index contributed by atoms with van der Waals surface area (Å²) < 4.78 is 0. The molecule has 2 nitrogen and oxygen atoms in total. The van der Waals surface area contributed by atoms with E-state index in [9.17, 15) is 0 Å². The van der Waals surface area contributed by atoms with Crippen molar-refractivity contribution in [3.63, 3.8) is 0 Å². The molecule has 2 heteroatoms. The molecule has 4 aromatic carbocycles. The molecule has 7 aliphatic carbocycles. The van der Waals surface area contributed by atoms with Crippen molar-refractivity contribution in [1.29, 1.82) is 0 Å². The summed E-state index contributed by atoms with van der Waals surface area (Å²) in [7, 11) is 0. The summed E-state index contributed by atoms with van der Waals surface area (Å²) in [4.78, 5) is 5.55. The maximum absolute atomic E-state index is 4.63. The average Bonchev–Trinajstić information content (AvgIpc) is 3.81. The van der Waals surface area contributed by atoms with E-state index in [0.717, 1.165) is 12.8 Å². The number of anilines is 3. The van der Waals surface area contributed by atoms with E-state index in [0.29, 0.717) is 12.0 Å².